The van der Waals surface area contributed by atoms with Gasteiger partial charge in [0.1, 0.15) is 11.9 Å². The third kappa shape index (κ3) is 1.69. The highest BCUT2D eigenvalue weighted by Crippen LogP contribution is 2.34. The van der Waals surface area contributed by atoms with Gasteiger partial charge in [0.25, 0.3) is 5.19 Å². The summed E-state index contributed by atoms with van der Waals surface area (Å²) in [5, 5.41) is 0.680. The molecule has 1 aliphatic rings. The van der Waals surface area contributed by atoms with Crippen LogP contribution in [0.4, 0.5) is 0 Å². The maximum atomic E-state index is 5.87. The number of hydrogen-bond acceptors (Lipinski definition) is 4. The van der Waals surface area contributed by atoms with Crippen molar-refractivity contribution >= 4 is 11.5 Å². The Labute approximate surface area is 98.3 Å². The van der Waals surface area contributed by atoms with Crippen LogP contribution >= 0.6 is 11.5 Å². The molecule has 1 unspecified atom stereocenters. The predicted octanol–water partition coefficient (Wildman–Crippen LogP) is 2.91. The highest BCUT2D eigenvalue weighted by Gasteiger charge is 2.24. The standard InChI is InChI=1S/C12H12N2OS/c1-8-13-12(16-14-8)15-11-7-6-9-4-2-3-5-10(9)11/h2-5,11H,6-7H2,1H3. The van der Waals surface area contributed by atoms with E-state index in [1.807, 2.05) is 6.92 Å². The van der Waals surface area contributed by atoms with Crippen LogP contribution in [0.25, 0.3) is 0 Å². The molecule has 1 heterocycles. The van der Waals surface area contributed by atoms with Gasteiger partial charge in [0.2, 0.25) is 0 Å². The summed E-state index contributed by atoms with van der Waals surface area (Å²) in [7, 11) is 0. The molecule has 0 aliphatic heterocycles. The molecule has 0 fully saturated rings. The molecular formula is C12H12N2OS. The van der Waals surface area contributed by atoms with Crippen LogP contribution in [0.5, 0.6) is 5.19 Å². The van der Waals surface area contributed by atoms with Gasteiger partial charge in [0.15, 0.2) is 0 Å². The van der Waals surface area contributed by atoms with E-state index in [4.69, 9.17) is 4.74 Å². The van der Waals surface area contributed by atoms with Gasteiger partial charge in [-0.1, -0.05) is 24.3 Å². The number of aromatic nitrogens is 2. The summed E-state index contributed by atoms with van der Waals surface area (Å²) >= 11 is 1.33. The van der Waals surface area contributed by atoms with Crippen molar-refractivity contribution in [2.45, 2.75) is 25.9 Å². The fraction of sp³-hybridized carbons (Fsp3) is 0.333. The molecule has 0 radical (unpaired) electrons. The molecule has 2 aromatic rings. The average molecular weight is 232 g/mol. The lowest BCUT2D eigenvalue weighted by atomic mass is 10.1. The van der Waals surface area contributed by atoms with Gasteiger partial charge in [-0.3, -0.25) is 0 Å². The third-order valence-corrected chi connectivity index (χ3v) is 3.53. The fourth-order valence-electron chi connectivity index (χ4n) is 2.09. The second-order valence-electron chi connectivity index (χ2n) is 3.95. The van der Waals surface area contributed by atoms with Crippen LogP contribution in [0.15, 0.2) is 24.3 Å². The number of fused-ring (bicyclic) bond motifs is 1. The number of hydrogen-bond donors (Lipinski definition) is 0. The second-order valence-corrected chi connectivity index (χ2v) is 4.67. The van der Waals surface area contributed by atoms with Crippen molar-refractivity contribution in [3.8, 4) is 5.19 Å². The molecule has 0 spiro atoms. The van der Waals surface area contributed by atoms with Crippen molar-refractivity contribution in [1.29, 1.82) is 0 Å². The Bertz CT molecular complexity index is 509. The monoisotopic (exact) mass is 232 g/mol. The van der Waals surface area contributed by atoms with E-state index in [2.05, 4.69) is 33.6 Å². The third-order valence-electron chi connectivity index (χ3n) is 2.83. The zero-order valence-corrected chi connectivity index (χ0v) is 9.83. The van der Waals surface area contributed by atoms with Crippen LogP contribution in [-0.4, -0.2) is 9.36 Å². The topological polar surface area (TPSA) is 35.0 Å². The minimum atomic E-state index is 0.156. The molecule has 3 rings (SSSR count). The van der Waals surface area contributed by atoms with Gasteiger partial charge >= 0.3 is 0 Å². The molecule has 0 bridgehead atoms. The lowest BCUT2D eigenvalue weighted by Crippen LogP contribution is -2.02. The van der Waals surface area contributed by atoms with Gasteiger partial charge in [-0.2, -0.15) is 9.36 Å². The first-order valence-electron chi connectivity index (χ1n) is 5.38. The zero-order chi connectivity index (χ0) is 11.0. The van der Waals surface area contributed by atoms with Crippen LogP contribution in [-0.2, 0) is 6.42 Å². The number of aryl methyl sites for hydroxylation is 2. The lowest BCUT2D eigenvalue weighted by molar-refractivity contribution is 0.206. The first-order valence-corrected chi connectivity index (χ1v) is 6.15. The molecule has 82 valence electrons. The van der Waals surface area contributed by atoms with E-state index in [0.717, 1.165) is 18.7 Å². The zero-order valence-electron chi connectivity index (χ0n) is 9.01. The maximum Gasteiger partial charge on any atom is 0.293 e. The van der Waals surface area contributed by atoms with Crippen molar-refractivity contribution in [1.82, 2.24) is 9.36 Å². The Morgan fingerprint density at radius 1 is 1.38 bits per heavy atom. The van der Waals surface area contributed by atoms with Gasteiger partial charge in [-0.05, 0) is 30.9 Å². The molecule has 1 aromatic carbocycles. The van der Waals surface area contributed by atoms with E-state index in [0.29, 0.717) is 5.19 Å². The summed E-state index contributed by atoms with van der Waals surface area (Å²) < 4.78 is 9.99. The molecule has 0 amide bonds. The normalized spacial score (nSPS) is 18.4. The Balaban J connectivity index is 1.83. The van der Waals surface area contributed by atoms with Crippen molar-refractivity contribution in [3.63, 3.8) is 0 Å². The number of nitrogens with zero attached hydrogens (tertiary/aromatic N) is 2. The molecule has 1 aromatic heterocycles. The Morgan fingerprint density at radius 2 is 2.25 bits per heavy atom. The number of rotatable bonds is 2. The molecule has 1 aliphatic carbocycles. The van der Waals surface area contributed by atoms with Crippen molar-refractivity contribution in [3.05, 3.63) is 41.2 Å². The Hall–Kier alpha value is -1.42. The van der Waals surface area contributed by atoms with Gasteiger partial charge in [0.05, 0.1) is 0 Å². The first kappa shape index (κ1) is 9.78. The average Bonchev–Trinajstić information content (AvgIpc) is 2.87. The van der Waals surface area contributed by atoms with Gasteiger partial charge < -0.3 is 4.74 Å². The minimum Gasteiger partial charge on any atom is -0.461 e. The van der Waals surface area contributed by atoms with Crippen LogP contribution in [0, 0.1) is 6.92 Å². The van der Waals surface area contributed by atoms with Gasteiger partial charge in [0, 0.05) is 11.5 Å². The summed E-state index contributed by atoms with van der Waals surface area (Å²) in [5.41, 5.74) is 2.70. The lowest BCUT2D eigenvalue weighted by Gasteiger charge is -2.11. The van der Waals surface area contributed by atoms with E-state index in [1.165, 1.54) is 22.7 Å². The first-order chi connectivity index (χ1) is 7.83. The number of benzene rings is 1. The number of ether oxygens (including phenoxy) is 1. The highest BCUT2D eigenvalue weighted by atomic mass is 32.1. The molecule has 0 saturated carbocycles. The summed E-state index contributed by atoms with van der Waals surface area (Å²) in [5.74, 6) is 0.784. The van der Waals surface area contributed by atoms with E-state index in [-0.39, 0.29) is 6.10 Å². The summed E-state index contributed by atoms with van der Waals surface area (Å²) in [6.45, 7) is 1.88. The van der Waals surface area contributed by atoms with Crippen LogP contribution in [0.3, 0.4) is 0 Å². The summed E-state index contributed by atoms with van der Waals surface area (Å²) in [6.07, 6.45) is 2.29. The molecule has 16 heavy (non-hydrogen) atoms. The Kier molecular flexibility index (Phi) is 2.36. The highest BCUT2D eigenvalue weighted by molar-refractivity contribution is 7.07. The SMILES string of the molecule is Cc1nsc(OC2CCc3ccccc32)n1. The molecule has 3 nitrogen and oxygen atoms in total. The van der Waals surface area contributed by atoms with E-state index in [1.54, 1.807) is 0 Å². The van der Waals surface area contributed by atoms with Crippen molar-refractivity contribution < 1.29 is 4.74 Å². The van der Waals surface area contributed by atoms with E-state index in [9.17, 15) is 0 Å². The second kappa shape index (κ2) is 3.87. The molecule has 0 N–H and O–H groups in total. The minimum absolute atomic E-state index is 0.156. The van der Waals surface area contributed by atoms with Crippen molar-refractivity contribution in [2.24, 2.45) is 0 Å². The molecular weight excluding hydrogens is 220 g/mol. The van der Waals surface area contributed by atoms with E-state index >= 15 is 0 Å². The van der Waals surface area contributed by atoms with Gasteiger partial charge in [-0.15, -0.1) is 0 Å². The summed E-state index contributed by atoms with van der Waals surface area (Å²) in [4.78, 5) is 4.23. The summed E-state index contributed by atoms with van der Waals surface area (Å²) in [6, 6.07) is 8.45. The van der Waals surface area contributed by atoms with Crippen LogP contribution in [0.1, 0.15) is 29.5 Å². The Morgan fingerprint density at radius 3 is 3.06 bits per heavy atom. The molecule has 1 atom stereocenters. The quantitative estimate of drug-likeness (QED) is 0.798. The van der Waals surface area contributed by atoms with Gasteiger partial charge in [-0.25, -0.2) is 0 Å². The smallest absolute Gasteiger partial charge is 0.293 e. The van der Waals surface area contributed by atoms with Crippen LogP contribution < -0.4 is 4.74 Å². The van der Waals surface area contributed by atoms with E-state index < -0.39 is 0 Å². The molecule has 0 saturated heterocycles. The predicted molar refractivity (Wildman–Crippen MR) is 62.8 cm³/mol. The van der Waals surface area contributed by atoms with Crippen molar-refractivity contribution in [2.75, 3.05) is 0 Å². The largest absolute Gasteiger partial charge is 0.461 e. The molecule has 4 heteroatoms. The maximum absolute atomic E-state index is 5.87. The van der Waals surface area contributed by atoms with Crippen LogP contribution in [0.2, 0.25) is 0 Å². The fourth-order valence-corrected chi connectivity index (χ4v) is 2.67.